The van der Waals surface area contributed by atoms with Gasteiger partial charge in [0.1, 0.15) is 24.4 Å². The third-order valence-electron chi connectivity index (χ3n) is 6.41. The monoisotopic (exact) mass is 442 g/mol. The highest BCUT2D eigenvalue weighted by atomic mass is 16.3. The first kappa shape index (κ1) is 22.6. The van der Waals surface area contributed by atoms with Gasteiger partial charge in [0, 0.05) is 53.0 Å². The van der Waals surface area contributed by atoms with Gasteiger partial charge in [0.15, 0.2) is 0 Å². The van der Waals surface area contributed by atoms with E-state index in [1.165, 1.54) is 0 Å². The summed E-state index contributed by atoms with van der Waals surface area (Å²) >= 11 is 0. The minimum Gasteiger partial charge on any atom is -0.456 e. The smallest absolute Gasteiger partial charge is 0.249 e. The summed E-state index contributed by atoms with van der Waals surface area (Å²) in [5.74, 6) is 0.352. The van der Waals surface area contributed by atoms with Crippen LogP contribution in [0.25, 0.3) is 33.4 Å². The number of benzene rings is 3. The number of nitrogens with two attached hydrogens (primary N) is 1. The van der Waals surface area contributed by atoms with Crippen LogP contribution in [-0.2, 0) is 0 Å². The molecule has 1 amide bonds. The Bertz CT molecular complexity index is 1340. The Balaban J connectivity index is 2.13. The molecule has 2 aromatic carbocycles. The molecule has 2 aromatic rings. The van der Waals surface area contributed by atoms with Crippen molar-refractivity contribution in [1.29, 1.82) is 0 Å². The van der Waals surface area contributed by atoms with Crippen molar-refractivity contribution in [2.24, 2.45) is 5.73 Å². The van der Waals surface area contributed by atoms with Crippen LogP contribution in [0, 0.1) is 0 Å². The van der Waals surface area contributed by atoms with E-state index in [0.717, 1.165) is 70.6 Å². The molecule has 0 fully saturated rings. The summed E-state index contributed by atoms with van der Waals surface area (Å²) in [6.07, 6.45) is 0. The van der Waals surface area contributed by atoms with Crippen LogP contribution < -0.4 is 20.6 Å². The lowest BCUT2D eigenvalue weighted by molar-refractivity contribution is 0.100. The zero-order valence-electron chi connectivity index (χ0n) is 19.9. The first-order chi connectivity index (χ1) is 16.0. The molecule has 0 unspecified atom stereocenters. The third-order valence-corrected chi connectivity index (χ3v) is 6.41. The lowest BCUT2D eigenvalue weighted by Gasteiger charge is -2.22. The molecule has 0 saturated heterocycles. The summed E-state index contributed by atoms with van der Waals surface area (Å²) in [6.45, 7) is 12.3. The van der Waals surface area contributed by atoms with Gasteiger partial charge in [-0.1, -0.05) is 18.2 Å². The molecule has 2 aliphatic rings. The molecule has 5 nitrogen and oxygen atoms in total. The number of anilines is 1. The van der Waals surface area contributed by atoms with Crippen LogP contribution in [0.1, 0.15) is 38.1 Å². The van der Waals surface area contributed by atoms with Crippen molar-refractivity contribution in [2.45, 2.75) is 27.7 Å². The first-order valence-electron chi connectivity index (χ1n) is 11.7. The van der Waals surface area contributed by atoms with Crippen LogP contribution in [0.2, 0.25) is 0 Å². The SMILES string of the molecule is CCN(CC)c1ccc2c(-c3ccccc3C(N)=O)c3ccc(=[N+](CC)CC)cc-3oc2c1. The van der Waals surface area contributed by atoms with Crippen molar-refractivity contribution in [1.82, 2.24) is 4.58 Å². The number of carbonyl (C=O) groups excluding carboxylic acids is 1. The number of hydrogen-bond acceptors (Lipinski definition) is 3. The van der Waals surface area contributed by atoms with E-state index in [2.05, 4.69) is 73.6 Å². The molecule has 0 bridgehead atoms. The number of nitrogens with zero attached hydrogens (tertiary/aromatic N) is 2. The van der Waals surface area contributed by atoms with Crippen molar-refractivity contribution in [2.75, 3.05) is 31.1 Å². The summed E-state index contributed by atoms with van der Waals surface area (Å²) in [7, 11) is 0. The fraction of sp³-hybridized carbons (Fsp3) is 0.286. The average molecular weight is 443 g/mol. The summed E-state index contributed by atoms with van der Waals surface area (Å²) < 4.78 is 8.79. The second-order valence-electron chi connectivity index (χ2n) is 8.09. The maximum Gasteiger partial charge on any atom is 0.249 e. The molecule has 2 N–H and O–H groups in total. The Kier molecular flexibility index (Phi) is 6.50. The van der Waals surface area contributed by atoms with Gasteiger partial charge < -0.3 is 15.1 Å². The van der Waals surface area contributed by atoms with E-state index in [-0.39, 0.29) is 0 Å². The molecule has 5 heteroatoms. The molecule has 0 aromatic heterocycles. The fourth-order valence-corrected chi connectivity index (χ4v) is 4.64. The van der Waals surface area contributed by atoms with Crippen LogP contribution in [0.4, 0.5) is 5.69 Å². The third kappa shape index (κ3) is 4.11. The van der Waals surface area contributed by atoms with Crippen LogP contribution in [-0.4, -0.2) is 32.1 Å². The molecule has 170 valence electrons. The maximum absolute atomic E-state index is 12.3. The number of primary amides is 1. The van der Waals surface area contributed by atoms with Gasteiger partial charge in [-0.15, -0.1) is 0 Å². The van der Waals surface area contributed by atoms with E-state index in [4.69, 9.17) is 10.2 Å². The Morgan fingerprint density at radius 1 is 0.909 bits per heavy atom. The number of amides is 1. The predicted octanol–water partition coefficient (Wildman–Crippen LogP) is 4.96. The molecule has 0 atom stereocenters. The van der Waals surface area contributed by atoms with E-state index < -0.39 is 5.91 Å². The number of rotatable bonds is 7. The second kappa shape index (κ2) is 9.49. The minimum absolute atomic E-state index is 0.438. The standard InChI is InChI=1S/C28H31N3O2/c1-5-30(6-2)19-13-15-23-25(17-19)33-26-18-20(31(7-3)8-4)14-16-24(26)27(23)21-11-9-10-12-22(21)28(29)32/h9-18H,5-8H2,1-4H3,(H-,29,32)/p+1. The first-order valence-corrected chi connectivity index (χ1v) is 11.7. The highest BCUT2D eigenvalue weighted by Crippen LogP contribution is 2.41. The Labute approximate surface area is 195 Å². The van der Waals surface area contributed by atoms with E-state index in [1.54, 1.807) is 6.07 Å². The summed E-state index contributed by atoms with van der Waals surface area (Å²) in [5.41, 5.74) is 10.9. The highest BCUT2D eigenvalue weighted by Gasteiger charge is 2.22. The average Bonchev–Trinajstić information content (AvgIpc) is 2.84. The fourth-order valence-electron chi connectivity index (χ4n) is 4.64. The van der Waals surface area contributed by atoms with Gasteiger partial charge in [0.25, 0.3) is 0 Å². The van der Waals surface area contributed by atoms with E-state index in [9.17, 15) is 4.79 Å². The van der Waals surface area contributed by atoms with Crippen LogP contribution in [0.15, 0.2) is 65.1 Å². The van der Waals surface area contributed by atoms with Gasteiger partial charge in [-0.2, -0.15) is 0 Å². The molecule has 33 heavy (non-hydrogen) atoms. The Morgan fingerprint density at radius 3 is 2.30 bits per heavy atom. The molecule has 0 saturated carbocycles. The van der Waals surface area contributed by atoms with Crippen molar-refractivity contribution in [3.05, 3.63) is 71.6 Å². The molecule has 4 rings (SSSR count). The Hall–Kier alpha value is -3.60. The van der Waals surface area contributed by atoms with Crippen molar-refractivity contribution in [3.63, 3.8) is 0 Å². The highest BCUT2D eigenvalue weighted by molar-refractivity contribution is 6.09. The lowest BCUT2D eigenvalue weighted by atomic mass is 9.90. The predicted molar refractivity (Wildman–Crippen MR) is 137 cm³/mol. The normalized spacial score (nSPS) is 11.2. The van der Waals surface area contributed by atoms with Crippen molar-refractivity contribution in [3.8, 4) is 22.5 Å². The molecular weight excluding hydrogens is 410 g/mol. The molecule has 1 aliphatic carbocycles. The van der Waals surface area contributed by atoms with Crippen molar-refractivity contribution < 1.29 is 9.21 Å². The molecule has 1 aliphatic heterocycles. The van der Waals surface area contributed by atoms with Crippen molar-refractivity contribution >= 4 is 22.6 Å². The lowest BCUT2D eigenvalue weighted by Crippen LogP contribution is -2.29. The zero-order valence-corrected chi connectivity index (χ0v) is 19.9. The van der Waals surface area contributed by atoms with Gasteiger partial charge in [-0.25, -0.2) is 4.58 Å². The quantitative estimate of drug-likeness (QED) is 0.325. The summed E-state index contributed by atoms with van der Waals surface area (Å²) in [4.78, 5) is 14.6. The topological polar surface area (TPSA) is 62.5 Å². The molecule has 1 heterocycles. The van der Waals surface area contributed by atoms with Gasteiger partial charge in [-0.05, 0) is 57.5 Å². The summed E-state index contributed by atoms with van der Waals surface area (Å²) in [5, 5.41) is 2.08. The van der Waals surface area contributed by atoms with Gasteiger partial charge in [0.05, 0.1) is 6.07 Å². The number of carbonyl (C=O) groups is 1. The summed E-state index contributed by atoms with van der Waals surface area (Å²) in [6, 6.07) is 20.2. The van der Waals surface area contributed by atoms with Crippen LogP contribution in [0.3, 0.4) is 0 Å². The van der Waals surface area contributed by atoms with E-state index in [1.807, 2.05) is 18.2 Å². The zero-order chi connectivity index (χ0) is 23.5. The Morgan fingerprint density at radius 2 is 1.64 bits per heavy atom. The van der Waals surface area contributed by atoms with Gasteiger partial charge in [0.2, 0.25) is 11.3 Å². The molecule has 0 spiro atoms. The minimum atomic E-state index is -0.438. The number of hydrogen-bond donors (Lipinski definition) is 1. The number of fused-ring (bicyclic) bond motifs is 2. The van der Waals surface area contributed by atoms with Crippen LogP contribution in [0.5, 0.6) is 0 Å². The van der Waals surface area contributed by atoms with E-state index >= 15 is 0 Å². The molecule has 0 radical (unpaired) electrons. The second-order valence-corrected chi connectivity index (χ2v) is 8.09. The molecular formula is C28H32N3O2+. The largest absolute Gasteiger partial charge is 0.456 e. The van der Waals surface area contributed by atoms with Gasteiger partial charge >= 0.3 is 0 Å². The maximum atomic E-state index is 12.3. The van der Waals surface area contributed by atoms with Crippen LogP contribution >= 0.6 is 0 Å². The van der Waals surface area contributed by atoms with Gasteiger partial charge in [-0.3, -0.25) is 4.79 Å². The van der Waals surface area contributed by atoms with E-state index in [0.29, 0.717) is 5.56 Å².